The number of hydrogen-bond donors (Lipinski definition) is 0. The first kappa shape index (κ1) is 25.7. The van der Waals surface area contributed by atoms with Gasteiger partial charge in [-0.25, -0.2) is 4.79 Å². The predicted octanol–water partition coefficient (Wildman–Crippen LogP) is 4.23. The molecule has 1 aromatic carbocycles. The molecule has 1 amide bonds. The van der Waals surface area contributed by atoms with Crippen LogP contribution in [0.4, 0.5) is 0 Å². The van der Waals surface area contributed by atoms with Crippen LogP contribution in [0.3, 0.4) is 0 Å². The second-order valence-electron chi connectivity index (χ2n) is 8.08. The van der Waals surface area contributed by atoms with Crippen LogP contribution in [0.5, 0.6) is 5.75 Å². The van der Waals surface area contributed by atoms with Gasteiger partial charge in [0.15, 0.2) is 5.78 Å². The Kier molecular flexibility index (Phi) is 8.41. The zero-order chi connectivity index (χ0) is 25.5. The van der Waals surface area contributed by atoms with Crippen LogP contribution in [0.2, 0.25) is 0 Å². The van der Waals surface area contributed by atoms with Gasteiger partial charge in [-0.3, -0.25) is 14.6 Å². The van der Waals surface area contributed by atoms with Gasteiger partial charge in [-0.1, -0.05) is 12.1 Å². The van der Waals surface area contributed by atoms with Crippen LogP contribution >= 0.6 is 0 Å². The average Bonchev–Trinajstić information content (AvgIpc) is 3.13. The molecule has 0 aliphatic heterocycles. The number of amides is 1. The van der Waals surface area contributed by atoms with Gasteiger partial charge in [-0.05, 0) is 63.1 Å². The molecule has 0 atom stereocenters. The van der Waals surface area contributed by atoms with E-state index in [-0.39, 0.29) is 31.4 Å². The van der Waals surface area contributed by atoms with E-state index >= 15 is 0 Å². The zero-order valence-electron chi connectivity index (χ0n) is 20.8. The Morgan fingerprint density at radius 2 is 1.86 bits per heavy atom. The summed E-state index contributed by atoms with van der Waals surface area (Å²) in [6, 6.07) is 10.5. The number of benzene rings is 1. The molecular weight excluding hydrogens is 446 g/mol. The normalized spacial score (nSPS) is 10.7. The third-order valence-electron chi connectivity index (χ3n) is 5.87. The number of ether oxygens (including phenoxy) is 2. The summed E-state index contributed by atoms with van der Waals surface area (Å²) in [6.07, 6.45) is 3.32. The number of carbonyl (C=O) groups excluding carboxylic acids is 3. The topological polar surface area (TPSA) is 90.7 Å². The number of hydrogen-bond acceptors (Lipinski definition) is 6. The lowest BCUT2D eigenvalue weighted by Crippen LogP contribution is -2.35. The molecule has 0 aliphatic rings. The lowest BCUT2D eigenvalue weighted by atomic mass is 10.0. The molecule has 0 aliphatic carbocycles. The number of Topliss-reactive ketones (excluding diaryl/α,β-unsaturated/α-hetero) is 1. The first-order chi connectivity index (χ1) is 16.8. The maximum atomic E-state index is 13.6. The van der Waals surface area contributed by atoms with E-state index < -0.39 is 5.97 Å². The molecule has 184 valence electrons. The molecule has 2 aromatic heterocycles. The van der Waals surface area contributed by atoms with Gasteiger partial charge in [0.2, 0.25) is 0 Å². The van der Waals surface area contributed by atoms with Crippen molar-refractivity contribution in [1.82, 2.24) is 14.5 Å². The van der Waals surface area contributed by atoms with Crippen LogP contribution in [0.25, 0.3) is 0 Å². The molecule has 0 fully saturated rings. The van der Waals surface area contributed by atoms with Crippen LogP contribution in [0, 0.1) is 13.8 Å². The first-order valence-electron chi connectivity index (χ1n) is 11.5. The first-order valence-corrected chi connectivity index (χ1v) is 11.5. The lowest BCUT2D eigenvalue weighted by molar-refractivity contribution is 0.0512. The molecule has 0 N–H and O–H groups in total. The standard InChI is InChI=1S/C27H31N3O5/c1-6-30-19(4)24(18(3)25(30)27(33)35-7-2)23(31)17-29(16-20-10-9-13-28-15-20)26(32)21-11-8-12-22(14-21)34-5/h8-15H,6-7,16-17H2,1-5H3. The molecule has 8 heteroatoms. The van der Waals surface area contributed by atoms with E-state index in [1.807, 2.05) is 19.9 Å². The van der Waals surface area contributed by atoms with Crippen molar-refractivity contribution in [3.8, 4) is 5.75 Å². The third kappa shape index (κ3) is 5.59. The molecule has 35 heavy (non-hydrogen) atoms. The summed E-state index contributed by atoms with van der Waals surface area (Å²) >= 11 is 0. The molecule has 0 spiro atoms. The van der Waals surface area contributed by atoms with Crippen molar-refractivity contribution in [2.75, 3.05) is 20.3 Å². The van der Waals surface area contributed by atoms with E-state index in [0.29, 0.717) is 40.4 Å². The number of rotatable bonds is 10. The predicted molar refractivity (Wildman–Crippen MR) is 132 cm³/mol. The zero-order valence-corrected chi connectivity index (χ0v) is 20.8. The van der Waals surface area contributed by atoms with Gasteiger partial charge in [0.25, 0.3) is 5.91 Å². The van der Waals surface area contributed by atoms with E-state index in [0.717, 1.165) is 5.56 Å². The molecule has 0 saturated heterocycles. The highest BCUT2D eigenvalue weighted by molar-refractivity contribution is 6.06. The van der Waals surface area contributed by atoms with Crippen molar-refractivity contribution in [2.24, 2.45) is 0 Å². The Hall–Kier alpha value is -3.94. The Morgan fingerprint density at radius 3 is 2.49 bits per heavy atom. The monoisotopic (exact) mass is 477 g/mol. The summed E-state index contributed by atoms with van der Waals surface area (Å²) in [7, 11) is 1.53. The quantitative estimate of drug-likeness (QED) is 0.321. The third-order valence-corrected chi connectivity index (χ3v) is 5.87. The number of nitrogens with zero attached hydrogens (tertiary/aromatic N) is 3. The van der Waals surface area contributed by atoms with E-state index in [9.17, 15) is 14.4 Å². The van der Waals surface area contributed by atoms with Gasteiger partial charge < -0.3 is 18.9 Å². The molecule has 0 unspecified atom stereocenters. The molecule has 3 rings (SSSR count). The summed E-state index contributed by atoms with van der Waals surface area (Å²) in [5.74, 6) is -0.474. The van der Waals surface area contributed by atoms with E-state index in [4.69, 9.17) is 9.47 Å². The molecule has 0 bridgehead atoms. The minimum atomic E-state index is -0.464. The van der Waals surface area contributed by atoms with Crippen molar-refractivity contribution in [3.05, 3.63) is 82.4 Å². The fourth-order valence-electron chi connectivity index (χ4n) is 4.27. The second-order valence-corrected chi connectivity index (χ2v) is 8.08. The van der Waals surface area contributed by atoms with E-state index in [1.54, 1.807) is 61.1 Å². The SMILES string of the molecule is CCOC(=O)c1c(C)c(C(=O)CN(Cc2cccnc2)C(=O)c2cccc(OC)c2)c(C)n1CC. The maximum absolute atomic E-state index is 13.6. The molecule has 3 aromatic rings. The summed E-state index contributed by atoms with van der Waals surface area (Å²) in [5, 5.41) is 0. The highest BCUT2D eigenvalue weighted by atomic mass is 16.5. The number of ketones is 1. The molecule has 2 heterocycles. The van der Waals surface area contributed by atoms with E-state index in [2.05, 4.69) is 4.98 Å². The van der Waals surface area contributed by atoms with Crippen LogP contribution in [0.15, 0.2) is 48.8 Å². The summed E-state index contributed by atoms with van der Waals surface area (Å²) in [5.41, 5.74) is 3.24. The van der Waals surface area contributed by atoms with E-state index in [1.165, 1.54) is 12.0 Å². The molecule has 0 radical (unpaired) electrons. The number of carbonyl (C=O) groups is 3. The second kappa shape index (κ2) is 11.5. The lowest BCUT2D eigenvalue weighted by Gasteiger charge is -2.23. The maximum Gasteiger partial charge on any atom is 0.355 e. The summed E-state index contributed by atoms with van der Waals surface area (Å²) in [6.45, 7) is 7.99. The Balaban J connectivity index is 1.99. The summed E-state index contributed by atoms with van der Waals surface area (Å²) < 4.78 is 12.3. The number of pyridine rings is 1. The highest BCUT2D eigenvalue weighted by Crippen LogP contribution is 2.25. The van der Waals surface area contributed by atoms with Crippen molar-refractivity contribution in [1.29, 1.82) is 0 Å². The Labute approximate surface area is 205 Å². The van der Waals surface area contributed by atoms with Gasteiger partial charge in [-0.15, -0.1) is 0 Å². The summed E-state index contributed by atoms with van der Waals surface area (Å²) in [4.78, 5) is 45.3. The highest BCUT2D eigenvalue weighted by Gasteiger charge is 2.29. The van der Waals surface area contributed by atoms with Gasteiger partial charge in [0, 0.05) is 42.3 Å². The Bertz CT molecular complexity index is 1220. The van der Waals surface area contributed by atoms with Crippen LogP contribution in [-0.4, -0.2) is 52.4 Å². The number of aromatic nitrogens is 2. The van der Waals surface area contributed by atoms with Crippen LogP contribution in [0.1, 0.15) is 61.9 Å². The smallest absolute Gasteiger partial charge is 0.355 e. The van der Waals surface area contributed by atoms with Gasteiger partial charge in [0.05, 0.1) is 20.3 Å². The molecular formula is C27H31N3O5. The molecule has 0 saturated carbocycles. The van der Waals surface area contributed by atoms with Crippen LogP contribution in [-0.2, 0) is 17.8 Å². The molecule has 8 nitrogen and oxygen atoms in total. The van der Waals surface area contributed by atoms with Crippen LogP contribution < -0.4 is 4.74 Å². The fraction of sp³-hybridized carbons (Fsp3) is 0.333. The van der Waals surface area contributed by atoms with Crippen molar-refractivity contribution in [3.63, 3.8) is 0 Å². The number of esters is 1. The number of methoxy groups -OCH3 is 1. The van der Waals surface area contributed by atoms with Crippen molar-refractivity contribution in [2.45, 2.75) is 40.8 Å². The van der Waals surface area contributed by atoms with Crippen molar-refractivity contribution < 1.29 is 23.9 Å². The van der Waals surface area contributed by atoms with Crippen molar-refractivity contribution >= 4 is 17.7 Å². The minimum absolute atomic E-state index is 0.164. The van der Waals surface area contributed by atoms with Gasteiger partial charge in [0.1, 0.15) is 11.4 Å². The fourth-order valence-corrected chi connectivity index (χ4v) is 4.27. The Morgan fingerprint density at radius 1 is 1.09 bits per heavy atom. The van der Waals surface area contributed by atoms with Gasteiger partial charge in [-0.2, -0.15) is 0 Å². The largest absolute Gasteiger partial charge is 0.497 e. The minimum Gasteiger partial charge on any atom is -0.497 e. The average molecular weight is 478 g/mol. The van der Waals surface area contributed by atoms with Gasteiger partial charge >= 0.3 is 5.97 Å².